The van der Waals surface area contributed by atoms with Crippen LogP contribution in [0.3, 0.4) is 0 Å². The molecule has 98 valence electrons. The quantitative estimate of drug-likeness (QED) is 0.810. The molecule has 0 radical (unpaired) electrons. The van der Waals surface area contributed by atoms with Gasteiger partial charge in [0.2, 0.25) is 5.95 Å². The van der Waals surface area contributed by atoms with Crippen LogP contribution in [0.5, 0.6) is 0 Å². The van der Waals surface area contributed by atoms with Gasteiger partial charge in [0.1, 0.15) is 5.82 Å². The van der Waals surface area contributed by atoms with Gasteiger partial charge in [0, 0.05) is 6.20 Å². The second-order valence-electron chi connectivity index (χ2n) is 3.72. The van der Waals surface area contributed by atoms with Crippen molar-refractivity contribution in [2.75, 3.05) is 5.32 Å². The van der Waals surface area contributed by atoms with Crippen molar-refractivity contribution in [1.82, 2.24) is 9.97 Å². The Morgan fingerprint density at radius 2 is 2.21 bits per heavy atom. The van der Waals surface area contributed by atoms with Gasteiger partial charge >= 0.3 is 5.97 Å². The first kappa shape index (κ1) is 13.7. The Kier molecular flexibility index (Phi) is 3.93. The zero-order chi connectivity index (χ0) is 14.0. The fraction of sp³-hybridized carbons (Fsp3) is 0.0833. The molecule has 0 bridgehead atoms. The van der Waals surface area contributed by atoms with Crippen LogP contribution < -0.4 is 5.32 Å². The molecule has 0 atom stereocenters. The Hall–Kier alpha value is -1.77. The first-order valence-electron chi connectivity index (χ1n) is 5.27. The van der Waals surface area contributed by atoms with Gasteiger partial charge in [-0.2, -0.15) is 0 Å². The van der Waals surface area contributed by atoms with Crippen LogP contribution in [0.4, 0.5) is 16.0 Å². The van der Waals surface area contributed by atoms with Crippen LogP contribution in [0.25, 0.3) is 0 Å². The Balaban J connectivity index is 2.32. The molecule has 2 N–H and O–H groups in total. The first-order chi connectivity index (χ1) is 8.99. The lowest BCUT2D eigenvalue weighted by Gasteiger charge is -2.08. The van der Waals surface area contributed by atoms with E-state index in [0.717, 1.165) is 0 Å². The monoisotopic (exact) mass is 373 g/mol. The van der Waals surface area contributed by atoms with Gasteiger partial charge < -0.3 is 10.4 Å². The SMILES string of the molecule is Cc1nc(Nc2cccc(F)c2I)ncc1C(=O)O. The molecule has 0 saturated heterocycles. The molecule has 1 aromatic heterocycles. The van der Waals surface area contributed by atoms with Crippen molar-refractivity contribution in [3.63, 3.8) is 0 Å². The molecule has 19 heavy (non-hydrogen) atoms. The van der Waals surface area contributed by atoms with Crippen LogP contribution in [0, 0.1) is 16.3 Å². The number of nitrogens with one attached hydrogen (secondary N) is 1. The summed E-state index contributed by atoms with van der Waals surface area (Å²) in [6.07, 6.45) is 1.22. The van der Waals surface area contributed by atoms with Crippen LogP contribution in [0.1, 0.15) is 16.1 Å². The maximum atomic E-state index is 13.4. The van der Waals surface area contributed by atoms with Crippen molar-refractivity contribution in [3.8, 4) is 0 Å². The molecule has 2 rings (SSSR count). The summed E-state index contributed by atoms with van der Waals surface area (Å²) in [6.45, 7) is 1.58. The van der Waals surface area contributed by atoms with Crippen molar-refractivity contribution in [2.45, 2.75) is 6.92 Å². The van der Waals surface area contributed by atoms with Gasteiger partial charge in [-0.05, 0) is 41.6 Å². The fourth-order valence-electron chi connectivity index (χ4n) is 1.46. The molecule has 0 saturated carbocycles. The smallest absolute Gasteiger partial charge is 0.339 e. The van der Waals surface area contributed by atoms with Gasteiger partial charge in [-0.25, -0.2) is 19.2 Å². The lowest BCUT2D eigenvalue weighted by molar-refractivity contribution is 0.0695. The number of aryl methyl sites for hydroxylation is 1. The third-order valence-corrected chi connectivity index (χ3v) is 3.50. The molecule has 2 aromatic rings. The molecule has 0 amide bonds. The van der Waals surface area contributed by atoms with Crippen LogP contribution in [0.2, 0.25) is 0 Å². The number of aromatic nitrogens is 2. The summed E-state index contributed by atoms with van der Waals surface area (Å²) < 4.78 is 13.8. The van der Waals surface area contributed by atoms with E-state index in [0.29, 0.717) is 15.0 Å². The number of benzene rings is 1. The highest BCUT2D eigenvalue weighted by molar-refractivity contribution is 14.1. The van der Waals surface area contributed by atoms with Crippen LogP contribution in [-0.4, -0.2) is 21.0 Å². The molecule has 1 heterocycles. The molecular formula is C12H9FIN3O2. The van der Waals surface area contributed by atoms with Gasteiger partial charge in [-0.15, -0.1) is 0 Å². The second kappa shape index (κ2) is 5.47. The highest BCUT2D eigenvalue weighted by atomic mass is 127. The van der Waals surface area contributed by atoms with Crippen molar-refractivity contribution >= 4 is 40.2 Å². The zero-order valence-corrected chi connectivity index (χ0v) is 12.0. The van der Waals surface area contributed by atoms with Gasteiger partial charge in [-0.1, -0.05) is 6.07 Å². The highest BCUT2D eigenvalue weighted by Crippen LogP contribution is 2.23. The summed E-state index contributed by atoms with van der Waals surface area (Å²) in [5.41, 5.74) is 0.916. The summed E-state index contributed by atoms with van der Waals surface area (Å²) in [4.78, 5) is 18.8. The molecule has 0 aliphatic carbocycles. The summed E-state index contributed by atoms with van der Waals surface area (Å²) in [5, 5.41) is 11.7. The number of anilines is 2. The molecule has 0 aliphatic rings. The number of hydrogen-bond acceptors (Lipinski definition) is 4. The van der Waals surface area contributed by atoms with Crippen molar-refractivity contribution in [2.24, 2.45) is 0 Å². The van der Waals surface area contributed by atoms with Gasteiger partial charge in [-0.3, -0.25) is 0 Å². The average molecular weight is 373 g/mol. The van der Waals surface area contributed by atoms with E-state index in [2.05, 4.69) is 15.3 Å². The van der Waals surface area contributed by atoms with Gasteiger partial charge in [0.15, 0.2) is 0 Å². The highest BCUT2D eigenvalue weighted by Gasteiger charge is 2.11. The Bertz CT molecular complexity index is 649. The van der Waals surface area contributed by atoms with Crippen molar-refractivity contribution in [3.05, 3.63) is 45.0 Å². The van der Waals surface area contributed by atoms with Gasteiger partial charge in [0.25, 0.3) is 0 Å². The number of halogens is 2. The summed E-state index contributed by atoms with van der Waals surface area (Å²) in [5.74, 6) is -1.19. The Labute approximate surface area is 122 Å². The summed E-state index contributed by atoms with van der Waals surface area (Å²) >= 11 is 1.87. The molecule has 0 aliphatic heterocycles. The summed E-state index contributed by atoms with van der Waals surface area (Å²) in [6, 6.07) is 4.61. The zero-order valence-electron chi connectivity index (χ0n) is 9.82. The lowest BCUT2D eigenvalue weighted by Crippen LogP contribution is -2.06. The van der Waals surface area contributed by atoms with E-state index in [-0.39, 0.29) is 17.3 Å². The number of nitrogens with zero attached hydrogens (tertiary/aromatic N) is 2. The molecule has 1 aromatic carbocycles. The topological polar surface area (TPSA) is 75.1 Å². The van der Waals surface area contributed by atoms with Crippen LogP contribution in [-0.2, 0) is 0 Å². The number of carbonyl (C=O) groups is 1. The standard InChI is InChI=1S/C12H9FIN3O2/c1-6-7(11(18)19)5-15-12(16-6)17-9-4-2-3-8(13)10(9)14/h2-5H,1H3,(H,18,19)(H,15,16,17). The molecule has 7 heteroatoms. The number of rotatable bonds is 3. The first-order valence-corrected chi connectivity index (χ1v) is 6.35. The minimum atomic E-state index is -1.08. The van der Waals surface area contributed by atoms with Crippen molar-refractivity contribution in [1.29, 1.82) is 0 Å². The number of hydrogen-bond donors (Lipinski definition) is 2. The largest absolute Gasteiger partial charge is 0.478 e. The van der Waals surface area contributed by atoms with Crippen LogP contribution >= 0.6 is 22.6 Å². The molecule has 0 spiro atoms. The molecule has 0 fully saturated rings. The number of aromatic carboxylic acids is 1. The average Bonchev–Trinajstić information content (AvgIpc) is 2.34. The van der Waals surface area contributed by atoms with Crippen molar-refractivity contribution < 1.29 is 14.3 Å². The second-order valence-corrected chi connectivity index (χ2v) is 4.80. The van der Waals surface area contributed by atoms with Gasteiger partial charge in [0.05, 0.1) is 20.5 Å². The van der Waals surface area contributed by atoms with E-state index in [1.165, 1.54) is 12.3 Å². The molecule has 5 nitrogen and oxygen atoms in total. The fourth-order valence-corrected chi connectivity index (χ4v) is 1.95. The maximum absolute atomic E-state index is 13.4. The van der Waals surface area contributed by atoms with E-state index >= 15 is 0 Å². The Morgan fingerprint density at radius 3 is 2.84 bits per heavy atom. The van der Waals surface area contributed by atoms with E-state index in [4.69, 9.17) is 5.11 Å². The normalized spacial score (nSPS) is 10.3. The van der Waals surface area contributed by atoms with E-state index in [1.54, 1.807) is 19.1 Å². The lowest BCUT2D eigenvalue weighted by atomic mass is 10.2. The molecule has 0 unspecified atom stereocenters. The summed E-state index contributed by atoms with van der Waals surface area (Å²) in [7, 11) is 0. The minimum absolute atomic E-state index is 0.0412. The Morgan fingerprint density at radius 1 is 1.47 bits per heavy atom. The van der Waals surface area contributed by atoms with E-state index in [9.17, 15) is 9.18 Å². The predicted molar refractivity (Wildman–Crippen MR) is 76.1 cm³/mol. The van der Waals surface area contributed by atoms with Crippen LogP contribution in [0.15, 0.2) is 24.4 Å². The predicted octanol–water partition coefficient (Wildman–Crippen LogP) is 2.97. The maximum Gasteiger partial charge on any atom is 0.339 e. The minimum Gasteiger partial charge on any atom is -0.478 e. The third-order valence-electron chi connectivity index (χ3n) is 2.41. The van der Waals surface area contributed by atoms with E-state index < -0.39 is 5.97 Å². The van der Waals surface area contributed by atoms with E-state index in [1.807, 2.05) is 22.6 Å². The molecular weight excluding hydrogens is 364 g/mol. The number of carboxylic acids is 1. The number of carboxylic acid groups (broad SMARTS) is 1. The third kappa shape index (κ3) is 2.98.